The maximum absolute atomic E-state index is 12.9. The fraction of sp³-hybridized carbons (Fsp3) is 0.278. The van der Waals surface area contributed by atoms with Gasteiger partial charge < -0.3 is 9.15 Å². The van der Waals surface area contributed by atoms with Crippen LogP contribution in [0.25, 0.3) is 0 Å². The molecule has 0 aliphatic rings. The van der Waals surface area contributed by atoms with E-state index >= 15 is 0 Å². The Kier molecular flexibility index (Phi) is 5.43. The van der Waals surface area contributed by atoms with Gasteiger partial charge >= 0.3 is 0 Å². The number of nitrogens with one attached hydrogen (secondary N) is 1. The number of ether oxygens (including phenoxy) is 1. The van der Waals surface area contributed by atoms with Gasteiger partial charge in [-0.05, 0) is 42.3 Å². The van der Waals surface area contributed by atoms with Crippen molar-refractivity contribution >= 4 is 10.0 Å². The van der Waals surface area contributed by atoms with Crippen LogP contribution < -0.4 is 9.46 Å². The summed E-state index contributed by atoms with van der Waals surface area (Å²) < 4.78 is 40.7. The van der Waals surface area contributed by atoms with Crippen LogP contribution in [0.5, 0.6) is 5.75 Å². The van der Waals surface area contributed by atoms with Gasteiger partial charge in [-0.15, -0.1) is 0 Å². The van der Waals surface area contributed by atoms with Gasteiger partial charge in [0.25, 0.3) is 0 Å². The molecule has 2 heterocycles. The van der Waals surface area contributed by atoms with E-state index in [1.165, 1.54) is 7.11 Å². The Morgan fingerprint density at radius 3 is 2.77 bits per heavy atom. The Bertz CT molecular complexity index is 901. The summed E-state index contributed by atoms with van der Waals surface area (Å²) in [5.74, 6) is 0.925. The van der Waals surface area contributed by atoms with Gasteiger partial charge in [-0.3, -0.25) is 4.68 Å². The van der Waals surface area contributed by atoms with Crippen molar-refractivity contribution in [2.24, 2.45) is 0 Å². The molecule has 1 N–H and O–H groups in total. The number of aromatic nitrogens is 2. The maximum Gasteiger partial charge on any atom is 0.244 e. The number of benzene rings is 1. The number of aryl methyl sites for hydroxylation is 1. The molecule has 1 atom stereocenters. The number of methoxy groups -OCH3 is 1. The van der Waals surface area contributed by atoms with Gasteiger partial charge in [0.15, 0.2) is 0 Å². The second-order valence-corrected chi connectivity index (χ2v) is 7.44. The number of furan rings is 1. The van der Waals surface area contributed by atoms with E-state index in [0.717, 1.165) is 12.0 Å². The molecule has 7 nitrogen and oxygen atoms in total. The predicted octanol–water partition coefficient (Wildman–Crippen LogP) is 2.62. The first-order chi connectivity index (χ1) is 12.5. The van der Waals surface area contributed by atoms with E-state index in [1.807, 2.05) is 13.0 Å². The quantitative estimate of drug-likeness (QED) is 0.654. The average Bonchev–Trinajstić information content (AvgIpc) is 3.35. The van der Waals surface area contributed by atoms with E-state index in [-0.39, 0.29) is 11.4 Å². The molecular formula is C18H21N3O4S. The largest absolute Gasteiger partial charge is 0.495 e. The molecule has 0 amide bonds. The van der Waals surface area contributed by atoms with Crippen molar-refractivity contribution < 1.29 is 17.6 Å². The molecule has 0 bridgehead atoms. The van der Waals surface area contributed by atoms with Crippen LogP contribution in [0.4, 0.5) is 0 Å². The molecule has 0 spiro atoms. The predicted molar refractivity (Wildman–Crippen MR) is 96.6 cm³/mol. The SMILES string of the molecule is CCc1ccc(OC)c(S(=O)(=O)NCC(c2ccco2)n2cccn2)c1. The Labute approximate surface area is 152 Å². The third-order valence-electron chi connectivity index (χ3n) is 4.11. The highest BCUT2D eigenvalue weighted by atomic mass is 32.2. The molecule has 0 aliphatic heterocycles. The zero-order valence-corrected chi connectivity index (χ0v) is 15.4. The van der Waals surface area contributed by atoms with E-state index in [4.69, 9.17) is 9.15 Å². The zero-order valence-electron chi connectivity index (χ0n) is 14.6. The molecule has 0 aliphatic carbocycles. The first-order valence-electron chi connectivity index (χ1n) is 8.24. The van der Waals surface area contributed by atoms with Gasteiger partial charge in [-0.25, -0.2) is 13.1 Å². The number of rotatable bonds is 8. The standard InChI is InChI=1S/C18H21N3O4S/c1-3-14-7-8-17(24-2)18(12-14)26(22,23)20-13-15(16-6-4-11-25-16)21-10-5-9-19-21/h4-12,15,20H,3,13H2,1-2H3. The lowest BCUT2D eigenvalue weighted by Crippen LogP contribution is -2.31. The molecule has 3 aromatic rings. The highest BCUT2D eigenvalue weighted by molar-refractivity contribution is 7.89. The van der Waals surface area contributed by atoms with E-state index in [1.54, 1.807) is 53.7 Å². The minimum atomic E-state index is -3.77. The average molecular weight is 375 g/mol. The third-order valence-corrected chi connectivity index (χ3v) is 5.55. The van der Waals surface area contributed by atoms with Crippen LogP contribution in [-0.4, -0.2) is 31.9 Å². The molecule has 3 rings (SSSR count). The highest BCUT2D eigenvalue weighted by Gasteiger charge is 2.24. The first kappa shape index (κ1) is 18.2. The highest BCUT2D eigenvalue weighted by Crippen LogP contribution is 2.26. The minimum Gasteiger partial charge on any atom is -0.495 e. The van der Waals surface area contributed by atoms with Crippen molar-refractivity contribution in [1.29, 1.82) is 0 Å². The van der Waals surface area contributed by atoms with E-state index in [0.29, 0.717) is 11.5 Å². The van der Waals surface area contributed by atoms with Gasteiger partial charge in [0, 0.05) is 18.9 Å². The Balaban J connectivity index is 1.87. The minimum absolute atomic E-state index is 0.0943. The molecule has 138 valence electrons. The van der Waals surface area contributed by atoms with Crippen molar-refractivity contribution in [3.63, 3.8) is 0 Å². The van der Waals surface area contributed by atoms with Gasteiger partial charge in [-0.1, -0.05) is 13.0 Å². The third kappa shape index (κ3) is 3.81. The van der Waals surface area contributed by atoms with Crippen molar-refractivity contribution in [2.75, 3.05) is 13.7 Å². The Morgan fingerprint density at radius 2 is 2.15 bits per heavy atom. The topological polar surface area (TPSA) is 86.4 Å². The second-order valence-electron chi connectivity index (χ2n) is 5.71. The first-order valence-corrected chi connectivity index (χ1v) is 9.72. The Morgan fingerprint density at radius 1 is 1.31 bits per heavy atom. The molecule has 0 radical (unpaired) electrons. The van der Waals surface area contributed by atoms with Crippen molar-refractivity contribution in [1.82, 2.24) is 14.5 Å². The summed E-state index contributed by atoms with van der Waals surface area (Å²) in [4.78, 5) is 0.123. The maximum atomic E-state index is 12.9. The van der Waals surface area contributed by atoms with Crippen LogP contribution >= 0.6 is 0 Å². The number of hydrogen-bond acceptors (Lipinski definition) is 5. The summed E-state index contributed by atoms with van der Waals surface area (Å²) >= 11 is 0. The fourth-order valence-electron chi connectivity index (χ4n) is 2.69. The van der Waals surface area contributed by atoms with Crippen LogP contribution in [0, 0.1) is 0 Å². The number of nitrogens with zero attached hydrogens (tertiary/aromatic N) is 2. The summed E-state index contributed by atoms with van der Waals surface area (Å²) in [7, 11) is -2.32. The smallest absolute Gasteiger partial charge is 0.244 e. The van der Waals surface area contributed by atoms with E-state index < -0.39 is 16.1 Å². The summed E-state index contributed by atoms with van der Waals surface area (Å²) in [5, 5.41) is 4.20. The van der Waals surface area contributed by atoms with E-state index in [9.17, 15) is 8.42 Å². The lowest BCUT2D eigenvalue weighted by molar-refractivity contribution is 0.397. The number of sulfonamides is 1. The summed E-state index contributed by atoms with van der Waals surface area (Å²) in [6, 6.07) is 10.1. The van der Waals surface area contributed by atoms with Crippen molar-refractivity contribution in [3.05, 3.63) is 66.4 Å². The fourth-order valence-corrected chi connectivity index (χ4v) is 3.94. The van der Waals surface area contributed by atoms with Gasteiger partial charge in [-0.2, -0.15) is 5.10 Å². The lowest BCUT2D eigenvalue weighted by Gasteiger charge is -2.17. The molecular weight excluding hydrogens is 354 g/mol. The summed E-state index contributed by atoms with van der Waals surface area (Å²) in [5.41, 5.74) is 0.917. The summed E-state index contributed by atoms with van der Waals surface area (Å²) in [6.45, 7) is 2.06. The van der Waals surface area contributed by atoms with Crippen LogP contribution in [0.3, 0.4) is 0 Å². The van der Waals surface area contributed by atoms with Crippen molar-refractivity contribution in [3.8, 4) is 5.75 Å². The zero-order chi connectivity index (χ0) is 18.6. The molecule has 0 fully saturated rings. The summed E-state index contributed by atoms with van der Waals surface area (Å²) in [6.07, 6.45) is 5.68. The molecule has 2 aromatic heterocycles. The Hall–Kier alpha value is -2.58. The lowest BCUT2D eigenvalue weighted by atomic mass is 10.2. The van der Waals surface area contributed by atoms with Crippen LogP contribution in [0.1, 0.15) is 24.3 Å². The normalized spacial score (nSPS) is 12.8. The molecule has 26 heavy (non-hydrogen) atoms. The molecule has 0 saturated heterocycles. The monoisotopic (exact) mass is 375 g/mol. The molecule has 1 aromatic carbocycles. The second kappa shape index (κ2) is 7.76. The van der Waals surface area contributed by atoms with Gasteiger partial charge in [0.1, 0.15) is 22.4 Å². The number of hydrogen-bond donors (Lipinski definition) is 1. The van der Waals surface area contributed by atoms with Gasteiger partial charge in [0.05, 0.1) is 13.4 Å². The van der Waals surface area contributed by atoms with E-state index in [2.05, 4.69) is 9.82 Å². The molecule has 1 unspecified atom stereocenters. The van der Waals surface area contributed by atoms with Crippen LogP contribution in [0.2, 0.25) is 0 Å². The molecule has 0 saturated carbocycles. The van der Waals surface area contributed by atoms with Crippen molar-refractivity contribution in [2.45, 2.75) is 24.3 Å². The molecule has 8 heteroatoms. The van der Waals surface area contributed by atoms with Crippen LogP contribution in [-0.2, 0) is 16.4 Å². The van der Waals surface area contributed by atoms with Gasteiger partial charge in [0.2, 0.25) is 10.0 Å². The van der Waals surface area contributed by atoms with Crippen LogP contribution in [0.15, 0.2) is 64.4 Å².